The molecule has 1 aliphatic rings. The number of fused-ring (bicyclic) bond motifs is 1. The predicted molar refractivity (Wildman–Crippen MR) is 54.7 cm³/mol. The van der Waals surface area contributed by atoms with Crippen LogP contribution < -0.4 is 0 Å². The Morgan fingerprint density at radius 1 is 1.73 bits per heavy atom. The average molecular weight is 209 g/mol. The molecule has 0 amide bonds. The van der Waals surface area contributed by atoms with E-state index in [0.717, 1.165) is 30.6 Å². The first-order valence-electron chi connectivity index (χ1n) is 5.17. The molecule has 0 fully saturated rings. The lowest BCUT2D eigenvalue weighted by atomic mass is 9.92. The number of nitrogens with zero attached hydrogens (tertiary/aromatic N) is 1. The van der Waals surface area contributed by atoms with Gasteiger partial charge in [-0.15, -0.1) is 0 Å². The van der Waals surface area contributed by atoms with Gasteiger partial charge in [0.15, 0.2) is 0 Å². The molecule has 0 spiro atoms. The van der Waals surface area contributed by atoms with Crippen LogP contribution in [0.4, 0.5) is 0 Å². The summed E-state index contributed by atoms with van der Waals surface area (Å²) in [5.41, 5.74) is 1.16. The van der Waals surface area contributed by atoms with Crippen molar-refractivity contribution in [2.24, 2.45) is 0 Å². The molecule has 0 radical (unpaired) electrons. The fraction of sp³-hybridized carbons (Fsp3) is 0.545. The number of likely N-dealkylation sites (N-methyl/N-ethyl adjacent to an activating group) is 1. The molecule has 1 atom stereocenters. The number of furan rings is 1. The molecule has 2 rings (SSSR count). The fourth-order valence-electron chi connectivity index (χ4n) is 2.24. The van der Waals surface area contributed by atoms with E-state index >= 15 is 0 Å². The van der Waals surface area contributed by atoms with Crippen LogP contribution in [0.3, 0.4) is 0 Å². The first-order chi connectivity index (χ1) is 7.18. The molecule has 1 aromatic rings. The van der Waals surface area contributed by atoms with E-state index in [1.54, 1.807) is 6.26 Å². The highest BCUT2D eigenvalue weighted by molar-refractivity contribution is 5.69. The van der Waals surface area contributed by atoms with E-state index in [-0.39, 0.29) is 12.6 Å². The molecule has 4 nitrogen and oxygen atoms in total. The van der Waals surface area contributed by atoms with Crippen molar-refractivity contribution < 1.29 is 14.3 Å². The minimum atomic E-state index is -0.784. The lowest BCUT2D eigenvalue weighted by Gasteiger charge is -2.29. The molecule has 4 heteroatoms. The highest BCUT2D eigenvalue weighted by atomic mass is 16.4. The van der Waals surface area contributed by atoms with Gasteiger partial charge in [-0.3, -0.25) is 9.69 Å². The highest BCUT2D eigenvalue weighted by Crippen LogP contribution is 2.33. The lowest BCUT2D eigenvalue weighted by Crippen LogP contribution is -2.31. The van der Waals surface area contributed by atoms with E-state index < -0.39 is 5.97 Å². The van der Waals surface area contributed by atoms with E-state index in [0.29, 0.717) is 0 Å². The maximum atomic E-state index is 10.6. The zero-order valence-electron chi connectivity index (χ0n) is 8.77. The first kappa shape index (κ1) is 10.2. The van der Waals surface area contributed by atoms with Crippen LogP contribution in [0.25, 0.3) is 0 Å². The highest BCUT2D eigenvalue weighted by Gasteiger charge is 2.26. The van der Waals surface area contributed by atoms with Crippen LogP contribution >= 0.6 is 0 Å². The van der Waals surface area contributed by atoms with Gasteiger partial charge in [-0.2, -0.15) is 0 Å². The number of carboxylic acid groups (broad SMARTS) is 1. The largest absolute Gasteiger partial charge is 0.480 e. The Morgan fingerprint density at radius 2 is 2.53 bits per heavy atom. The molecular formula is C11H15NO3. The summed E-state index contributed by atoms with van der Waals surface area (Å²) in [5.74, 6) is 0.233. The molecular weight excluding hydrogens is 194 g/mol. The molecule has 0 bridgehead atoms. The SMILES string of the molecule is CN(CC(=O)O)C1CCCc2occc21. The van der Waals surface area contributed by atoms with E-state index in [1.807, 2.05) is 18.0 Å². The maximum Gasteiger partial charge on any atom is 0.317 e. The van der Waals surface area contributed by atoms with Gasteiger partial charge in [0, 0.05) is 18.0 Å². The second kappa shape index (κ2) is 4.06. The number of carbonyl (C=O) groups is 1. The number of hydrogen-bond donors (Lipinski definition) is 1. The average Bonchev–Trinajstić information content (AvgIpc) is 2.63. The zero-order chi connectivity index (χ0) is 10.8. The van der Waals surface area contributed by atoms with E-state index in [9.17, 15) is 4.79 Å². The van der Waals surface area contributed by atoms with Gasteiger partial charge >= 0.3 is 5.97 Å². The number of carboxylic acids is 1. The Kier molecular flexibility index (Phi) is 2.77. The van der Waals surface area contributed by atoms with Crippen molar-refractivity contribution >= 4 is 5.97 Å². The van der Waals surface area contributed by atoms with Crippen LogP contribution in [0.2, 0.25) is 0 Å². The molecule has 15 heavy (non-hydrogen) atoms. The van der Waals surface area contributed by atoms with E-state index in [2.05, 4.69) is 0 Å². The summed E-state index contributed by atoms with van der Waals surface area (Å²) in [5, 5.41) is 8.75. The van der Waals surface area contributed by atoms with Crippen molar-refractivity contribution in [3.05, 3.63) is 23.7 Å². The Bertz CT molecular complexity index is 358. The van der Waals surface area contributed by atoms with E-state index in [1.165, 1.54) is 0 Å². The topological polar surface area (TPSA) is 53.7 Å². The van der Waals surface area contributed by atoms with Crippen LogP contribution in [-0.4, -0.2) is 29.6 Å². The van der Waals surface area contributed by atoms with Crippen molar-refractivity contribution in [2.45, 2.75) is 25.3 Å². The Hall–Kier alpha value is -1.29. The number of aliphatic carboxylic acids is 1. The Morgan fingerprint density at radius 3 is 3.27 bits per heavy atom. The van der Waals surface area contributed by atoms with Crippen LogP contribution in [0.5, 0.6) is 0 Å². The number of aryl methyl sites for hydroxylation is 1. The molecule has 0 saturated heterocycles. The summed E-state index contributed by atoms with van der Waals surface area (Å²) in [7, 11) is 1.85. The molecule has 1 unspecified atom stereocenters. The third-order valence-corrected chi connectivity index (χ3v) is 2.94. The van der Waals surface area contributed by atoms with Crippen LogP contribution in [0, 0.1) is 0 Å². The standard InChI is InChI=1S/C11H15NO3/c1-12(7-11(13)14)9-3-2-4-10-8(9)5-6-15-10/h5-6,9H,2-4,7H2,1H3,(H,13,14). The molecule has 0 aromatic carbocycles. The zero-order valence-corrected chi connectivity index (χ0v) is 8.77. The lowest BCUT2D eigenvalue weighted by molar-refractivity contribution is -0.138. The third kappa shape index (κ3) is 2.04. The van der Waals surface area contributed by atoms with Gasteiger partial charge in [0.2, 0.25) is 0 Å². The van der Waals surface area contributed by atoms with Crippen LogP contribution in [0.1, 0.15) is 30.2 Å². The molecule has 1 N–H and O–H groups in total. The van der Waals surface area contributed by atoms with Crippen molar-refractivity contribution in [1.82, 2.24) is 4.90 Å². The molecule has 0 aliphatic heterocycles. The summed E-state index contributed by atoms with van der Waals surface area (Å²) in [6, 6.07) is 2.15. The third-order valence-electron chi connectivity index (χ3n) is 2.94. The second-order valence-corrected chi connectivity index (χ2v) is 4.02. The molecule has 1 aromatic heterocycles. The quantitative estimate of drug-likeness (QED) is 0.822. The monoisotopic (exact) mass is 209 g/mol. The second-order valence-electron chi connectivity index (χ2n) is 4.02. The fourth-order valence-corrected chi connectivity index (χ4v) is 2.24. The van der Waals surface area contributed by atoms with Gasteiger partial charge in [-0.05, 0) is 26.0 Å². The Labute approximate surface area is 88.5 Å². The molecule has 1 aliphatic carbocycles. The van der Waals surface area contributed by atoms with Gasteiger partial charge in [0.25, 0.3) is 0 Å². The van der Waals surface area contributed by atoms with E-state index in [4.69, 9.17) is 9.52 Å². The van der Waals surface area contributed by atoms with Gasteiger partial charge in [-0.25, -0.2) is 0 Å². The summed E-state index contributed by atoms with van der Waals surface area (Å²) >= 11 is 0. The smallest absolute Gasteiger partial charge is 0.317 e. The minimum absolute atomic E-state index is 0.0787. The first-order valence-corrected chi connectivity index (χ1v) is 5.17. The molecule has 0 saturated carbocycles. The van der Waals surface area contributed by atoms with Crippen LogP contribution in [0.15, 0.2) is 16.7 Å². The Balaban J connectivity index is 2.15. The van der Waals surface area contributed by atoms with Crippen LogP contribution in [-0.2, 0) is 11.2 Å². The summed E-state index contributed by atoms with van der Waals surface area (Å²) in [6.07, 6.45) is 4.74. The summed E-state index contributed by atoms with van der Waals surface area (Å²) in [6.45, 7) is 0.0787. The minimum Gasteiger partial charge on any atom is -0.480 e. The van der Waals surface area contributed by atoms with Crippen molar-refractivity contribution in [1.29, 1.82) is 0 Å². The maximum absolute atomic E-state index is 10.6. The summed E-state index contributed by atoms with van der Waals surface area (Å²) in [4.78, 5) is 12.5. The number of hydrogen-bond acceptors (Lipinski definition) is 3. The molecule has 82 valence electrons. The molecule has 1 heterocycles. The van der Waals surface area contributed by atoms with Crippen molar-refractivity contribution in [2.75, 3.05) is 13.6 Å². The van der Waals surface area contributed by atoms with Gasteiger partial charge in [0.05, 0.1) is 12.8 Å². The van der Waals surface area contributed by atoms with Gasteiger partial charge in [0.1, 0.15) is 5.76 Å². The van der Waals surface area contributed by atoms with Gasteiger partial charge < -0.3 is 9.52 Å². The summed E-state index contributed by atoms with van der Waals surface area (Å²) < 4.78 is 5.37. The van der Waals surface area contributed by atoms with Crippen molar-refractivity contribution in [3.8, 4) is 0 Å². The van der Waals surface area contributed by atoms with Gasteiger partial charge in [-0.1, -0.05) is 0 Å². The predicted octanol–water partition coefficient (Wildman–Crippen LogP) is 1.67. The van der Waals surface area contributed by atoms with Crippen molar-refractivity contribution in [3.63, 3.8) is 0 Å². The number of rotatable bonds is 3. The normalized spacial score (nSPS) is 20.3.